The van der Waals surface area contributed by atoms with Crippen LogP contribution in [0.5, 0.6) is 0 Å². The Kier molecular flexibility index (Phi) is 3.64. The van der Waals surface area contributed by atoms with Crippen LogP contribution in [0.2, 0.25) is 0 Å². The van der Waals surface area contributed by atoms with Crippen LogP contribution < -0.4 is 5.73 Å². The van der Waals surface area contributed by atoms with Crippen molar-refractivity contribution in [1.29, 1.82) is 0 Å². The SMILES string of the molecule is Cc1ccc(C(N)c2cnc(C(F)(F)F)s2)c(C)c1. The third-order valence-electron chi connectivity index (χ3n) is 2.83. The zero-order chi connectivity index (χ0) is 14.2. The van der Waals surface area contributed by atoms with Gasteiger partial charge in [0.2, 0.25) is 0 Å². The third-order valence-corrected chi connectivity index (χ3v) is 3.96. The number of hydrogen-bond donors (Lipinski definition) is 1. The van der Waals surface area contributed by atoms with Crippen LogP contribution in [0.1, 0.15) is 32.6 Å². The minimum atomic E-state index is -4.41. The summed E-state index contributed by atoms with van der Waals surface area (Å²) in [5.74, 6) is 0. The molecule has 2 rings (SSSR count). The number of alkyl halides is 3. The zero-order valence-corrected chi connectivity index (χ0v) is 11.3. The van der Waals surface area contributed by atoms with Gasteiger partial charge in [-0.1, -0.05) is 23.8 Å². The topological polar surface area (TPSA) is 38.9 Å². The smallest absolute Gasteiger partial charge is 0.320 e. The quantitative estimate of drug-likeness (QED) is 0.911. The van der Waals surface area contributed by atoms with Crippen LogP contribution in [-0.2, 0) is 6.18 Å². The molecule has 19 heavy (non-hydrogen) atoms. The number of rotatable bonds is 2. The van der Waals surface area contributed by atoms with E-state index in [2.05, 4.69) is 4.98 Å². The lowest BCUT2D eigenvalue weighted by Gasteiger charge is -2.13. The molecule has 2 N–H and O–H groups in total. The molecule has 1 aromatic heterocycles. The summed E-state index contributed by atoms with van der Waals surface area (Å²) in [6.07, 6.45) is -3.21. The van der Waals surface area contributed by atoms with Crippen molar-refractivity contribution in [3.63, 3.8) is 0 Å². The second-order valence-electron chi connectivity index (χ2n) is 4.40. The highest BCUT2D eigenvalue weighted by atomic mass is 32.1. The largest absolute Gasteiger partial charge is 0.443 e. The second-order valence-corrected chi connectivity index (χ2v) is 5.47. The summed E-state index contributed by atoms with van der Waals surface area (Å²) in [5.41, 5.74) is 8.91. The van der Waals surface area contributed by atoms with Gasteiger partial charge in [-0.15, -0.1) is 11.3 Å². The minimum absolute atomic E-state index is 0.416. The first-order chi connectivity index (χ1) is 8.79. The first-order valence-corrected chi connectivity index (χ1v) is 6.46. The first-order valence-electron chi connectivity index (χ1n) is 5.64. The fourth-order valence-corrected chi connectivity index (χ4v) is 2.69. The maximum Gasteiger partial charge on any atom is 0.443 e. The van der Waals surface area contributed by atoms with Crippen LogP contribution in [-0.4, -0.2) is 4.98 Å². The average molecular weight is 286 g/mol. The number of aryl methyl sites for hydroxylation is 2. The number of thiazole rings is 1. The summed E-state index contributed by atoms with van der Waals surface area (Å²) < 4.78 is 37.5. The van der Waals surface area contributed by atoms with E-state index in [4.69, 9.17) is 5.73 Å². The Morgan fingerprint density at radius 2 is 1.95 bits per heavy atom. The lowest BCUT2D eigenvalue weighted by Crippen LogP contribution is -2.11. The number of halogens is 3. The van der Waals surface area contributed by atoms with Crippen molar-refractivity contribution in [2.75, 3.05) is 0 Å². The molecule has 0 aliphatic heterocycles. The molecule has 0 amide bonds. The van der Waals surface area contributed by atoms with Gasteiger partial charge >= 0.3 is 6.18 Å². The van der Waals surface area contributed by atoms with E-state index in [9.17, 15) is 13.2 Å². The monoisotopic (exact) mass is 286 g/mol. The van der Waals surface area contributed by atoms with E-state index >= 15 is 0 Å². The highest BCUT2D eigenvalue weighted by Crippen LogP contribution is 2.35. The molecular formula is C13H13F3N2S. The Balaban J connectivity index is 2.34. The van der Waals surface area contributed by atoms with Gasteiger partial charge in [0.25, 0.3) is 0 Å². The molecule has 0 bridgehead atoms. The molecule has 1 aromatic carbocycles. The van der Waals surface area contributed by atoms with Crippen molar-refractivity contribution in [3.05, 3.63) is 51.0 Å². The molecule has 0 saturated carbocycles. The van der Waals surface area contributed by atoms with E-state index in [0.717, 1.165) is 16.7 Å². The Bertz CT molecular complexity index is 590. The molecule has 6 heteroatoms. The Labute approximate surface area is 113 Å². The maximum absolute atomic E-state index is 12.5. The van der Waals surface area contributed by atoms with E-state index in [1.54, 1.807) is 0 Å². The third kappa shape index (κ3) is 2.96. The predicted molar refractivity (Wildman–Crippen MR) is 69.1 cm³/mol. The molecule has 0 spiro atoms. The van der Waals surface area contributed by atoms with Gasteiger partial charge in [-0.2, -0.15) is 13.2 Å². The van der Waals surface area contributed by atoms with E-state index in [-0.39, 0.29) is 0 Å². The average Bonchev–Trinajstić information content (AvgIpc) is 2.76. The normalized spacial score (nSPS) is 13.6. The van der Waals surface area contributed by atoms with Gasteiger partial charge in [-0.05, 0) is 25.0 Å². The Morgan fingerprint density at radius 3 is 2.47 bits per heavy atom. The lowest BCUT2D eigenvalue weighted by atomic mass is 9.99. The molecule has 0 aliphatic rings. The molecule has 2 nitrogen and oxygen atoms in total. The van der Waals surface area contributed by atoms with Crippen molar-refractivity contribution in [2.45, 2.75) is 26.1 Å². The van der Waals surface area contributed by atoms with Gasteiger partial charge in [-0.25, -0.2) is 4.98 Å². The van der Waals surface area contributed by atoms with Crippen LogP contribution in [0.15, 0.2) is 24.4 Å². The predicted octanol–water partition coefficient (Wildman–Crippen LogP) is 3.83. The van der Waals surface area contributed by atoms with Crippen molar-refractivity contribution in [1.82, 2.24) is 4.98 Å². The summed E-state index contributed by atoms with van der Waals surface area (Å²) in [7, 11) is 0. The van der Waals surface area contributed by atoms with E-state index < -0.39 is 17.2 Å². The molecule has 2 aromatic rings. The molecule has 1 atom stereocenters. The molecule has 0 saturated heterocycles. The van der Waals surface area contributed by atoms with Crippen molar-refractivity contribution < 1.29 is 13.2 Å². The number of benzene rings is 1. The van der Waals surface area contributed by atoms with Gasteiger partial charge < -0.3 is 5.73 Å². The van der Waals surface area contributed by atoms with Crippen molar-refractivity contribution in [3.8, 4) is 0 Å². The number of nitrogens with zero attached hydrogens (tertiary/aromatic N) is 1. The van der Waals surface area contributed by atoms with Crippen LogP contribution in [0.3, 0.4) is 0 Å². The molecule has 0 fully saturated rings. The zero-order valence-electron chi connectivity index (χ0n) is 10.5. The van der Waals surface area contributed by atoms with Gasteiger partial charge in [0, 0.05) is 11.1 Å². The fourth-order valence-electron chi connectivity index (χ4n) is 1.89. The molecule has 102 valence electrons. The van der Waals surface area contributed by atoms with Crippen LogP contribution >= 0.6 is 11.3 Å². The van der Waals surface area contributed by atoms with E-state index in [0.29, 0.717) is 16.2 Å². The number of aromatic nitrogens is 1. The van der Waals surface area contributed by atoms with Crippen LogP contribution in [0.25, 0.3) is 0 Å². The van der Waals surface area contributed by atoms with Gasteiger partial charge in [0.05, 0.1) is 6.04 Å². The second kappa shape index (κ2) is 4.94. The van der Waals surface area contributed by atoms with Crippen molar-refractivity contribution >= 4 is 11.3 Å². The van der Waals surface area contributed by atoms with Crippen LogP contribution in [0.4, 0.5) is 13.2 Å². The van der Waals surface area contributed by atoms with E-state index in [1.165, 1.54) is 6.20 Å². The van der Waals surface area contributed by atoms with E-state index in [1.807, 2.05) is 32.0 Å². The van der Waals surface area contributed by atoms with Gasteiger partial charge in [0.15, 0.2) is 5.01 Å². The lowest BCUT2D eigenvalue weighted by molar-refractivity contribution is -0.137. The summed E-state index contributed by atoms with van der Waals surface area (Å²) in [4.78, 5) is 3.81. The highest BCUT2D eigenvalue weighted by Gasteiger charge is 2.35. The van der Waals surface area contributed by atoms with Crippen LogP contribution in [0, 0.1) is 13.8 Å². The van der Waals surface area contributed by atoms with Gasteiger partial charge in [0.1, 0.15) is 0 Å². The number of hydrogen-bond acceptors (Lipinski definition) is 3. The number of nitrogens with two attached hydrogens (primary N) is 1. The molecule has 1 heterocycles. The maximum atomic E-state index is 12.5. The standard InChI is InChI=1S/C13H13F3N2S/c1-7-3-4-9(8(2)5-7)11(17)10-6-18-12(19-10)13(14,15)16/h3-6,11H,17H2,1-2H3. The van der Waals surface area contributed by atoms with Gasteiger partial charge in [-0.3, -0.25) is 0 Å². The summed E-state index contributed by atoms with van der Waals surface area (Å²) >= 11 is 0.595. The molecule has 0 radical (unpaired) electrons. The Hall–Kier alpha value is -1.40. The first kappa shape index (κ1) is 14.0. The summed E-state index contributed by atoms with van der Waals surface area (Å²) in [6, 6.07) is 5.13. The molecule has 1 unspecified atom stereocenters. The molecular weight excluding hydrogens is 273 g/mol. The minimum Gasteiger partial charge on any atom is -0.320 e. The summed E-state index contributed by atoms with van der Waals surface area (Å²) in [6.45, 7) is 3.85. The molecule has 0 aliphatic carbocycles. The Morgan fingerprint density at radius 1 is 1.26 bits per heavy atom. The highest BCUT2D eigenvalue weighted by molar-refractivity contribution is 7.11. The summed E-state index contributed by atoms with van der Waals surface area (Å²) in [5, 5.41) is -0.859. The van der Waals surface area contributed by atoms with Crippen molar-refractivity contribution in [2.24, 2.45) is 5.73 Å². The fraction of sp³-hybridized carbons (Fsp3) is 0.308.